The molecule has 0 bridgehead atoms. The van der Waals surface area contributed by atoms with Gasteiger partial charge in [-0.2, -0.15) is 0 Å². The largest absolute Gasteiger partial charge is 0.492 e. The first-order valence-corrected chi connectivity index (χ1v) is 9.00. The van der Waals surface area contributed by atoms with E-state index in [1.54, 1.807) is 19.4 Å². The van der Waals surface area contributed by atoms with Gasteiger partial charge < -0.3 is 19.9 Å². The molecule has 1 saturated heterocycles. The second-order valence-corrected chi connectivity index (χ2v) is 6.24. The molecule has 2 heterocycles. The number of aromatic nitrogens is 2. The smallest absolute Gasteiger partial charge is 0.225 e. The van der Waals surface area contributed by atoms with Gasteiger partial charge in [0.25, 0.3) is 0 Å². The Hall–Kier alpha value is -1.81. The van der Waals surface area contributed by atoms with Crippen molar-refractivity contribution in [2.75, 3.05) is 51.3 Å². The maximum Gasteiger partial charge on any atom is 0.225 e. The Morgan fingerprint density at radius 1 is 1.15 bits per heavy atom. The summed E-state index contributed by atoms with van der Waals surface area (Å²) in [7, 11) is 1.80. The fourth-order valence-electron chi connectivity index (χ4n) is 2.77. The number of aliphatic imine (C=N–C) groups is 1. The van der Waals surface area contributed by atoms with E-state index in [9.17, 15) is 0 Å². The summed E-state index contributed by atoms with van der Waals surface area (Å²) in [4.78, 5) is 17.4. The summed E-state index contributed by atoms with van der Waals surface area (Å²) in [6, 6.07) is 9.19. The number of ether oxygens (including phenoxy) is 1. The van der Waals surface area contributed by atoms with Crippen LogP contribution in [0.1, 0.15) is 0 Å². The molecule has 1 aliphatic heterocycles. The van der Waals surface area contributed by atoms with Crippen LogP contribution in [0, 0.1) is 0 Å². The normalized spacial score (nSPS) is 14.5. The van der Waals surface area contributed by atoms with E-state index in [2.05, 4.69) is 30.1 Å². The predicted molar refractivity (Wildman–Crippen MR) is 120 cm³/mol. The van der Waals surface area contributed by atoms with E-state index in [1.807, 2.05) is 30.3 Å². The van der Waals surface area contributed by atoms with Crippen molar-refractivity contribution in [1.29, 1.82) is 0 Å². The highest BCUT2D eigenvalue weighted by atomic mass is 127. The number of guanidine groups is 1. The average molecular weight is 503 g/mol. The average Bonchev–Trinajstić information content (AvgIpc) is 2.70. The van der Waals surface area contributed by atoms with Crippen molar-refractivity contribution < 1.29 is 4.74 Å². The van der Waals surface area contributed by atoms with Crippen LogP contribution in [0.4, 0.5) is 5.95 Å². The Morgan fingerprint density at radius 2 is 1.81 bits per heavy atom. The van der Waals surface area contributed by atoms with Gasteiger partial charge in [0, 0.05) is 50.6 Å². The number of piperazine rings is 1. The predicted octanol–water partition coefficient (Wildman–Crippen LogP) is 2.52. The maximum absolute atomic E-state index is 5.87. The number of nitrogens with one attached hydrogen (secondary N) is 1. The van der Waals surface area contributed by atoms with Crippen molar-refractivity contribution >= 4 is 47.5 Å². The lowest BCUT2D eigenvalue weighted by Gasteiger charge is -2.36. The van der Waals surface area contributed by atoms with Crippen molar-refractivity contribution in [1.82, 2.24) is 20.2 Å². The van der Waals surface area contributed by atoms with Crippen molar-refractivity contribution in [2.24, 2.45) is 4.99 Å². The van der Waals surface area contributed by atoms with Crippen molar-refractivity contribution in [3.05, 3.63) is 47.7 Å². The molecule has 3 rings (SSSR count). The third-order valence-corrected chi connectivity index (χ3v) is 4.35. The molecule has 0 aliphatic carbocycles. The minimum Gasteiger partial charge on any atom is -0.492 e. The topological polar surface area (TPSA) is 65.9 Å². The molecule has 1 aromatic heterocycles. The first kappa shape index (κ1) is 21.5. The first-order chi connectivity index (χ1) is 12.8. The molecule has 0 radical (unpaired) electrons. The third-order valence-electron chi connectivity index (χ3n) is 4.09. The maximum atomic E-state index is 5.87. The molecule has 0 saturated carbocycles. The zero-order chi connectivity index (χ0) is 18.2. The molecular formula is C18H24ClIN6O. The zero-order valence-electron chi connectivity index (χ0n) is 15.2. The van der Waals surface area contributed by atoms with Gasteiger partial charge in [-0.3, -0.25) is 4.99 Å². The lowest BCUT2D eigenvalue weighted by Crippen LogP contribution is -2.53. The van der Waals surface area contributed by atoms with Crippen LogP contribution in [-0.2, 0) is 0 Å². The second-order valence-electron chi connectivity index (χ2n) is 5.80. The molecule has 0 spiro atoms. The van der Waals surface area contributed by atoms with Gasteiger partial charge in [-0.05, 0) is 30.3 Å². The molecule has 1 fully saturated rings. The van der Waals surface area contributed by atoms with Gasteiger partial charge in [-0.1, -0.05) is 11.6 Å². The first-order valence-electron chi connectivity index (χ1n) is 8.62. The van der Waals surface area contributed by atoms with Crippen LogP contribution in [0.2, 0.25) is 5.02 Å². The molecule has 7 nitrogen and oxygen atoms in total. The monoisotopic (exact) mass is 502 g/mol. The molecule has 9 heteroatoms. The van der Waals surface area contributed by atoms with E-state index in [0.29, 0.717) is 18.2 Å². The number of hydrogen-bond acceptors (Lipinski definition) is 5. The minimum atomic E-state index is 0. The molecule has 27 heavy (non-hydrogen) atoms. The summed E-state index contributed by atoms with van der Waals surface area (Å²) < 4.78 is 5.70. The quantitative estimate of drug-likeness (QED) is 0.293. The van der Waals surface area contributed by atoms with E-state index < -0.39 is 0 Å². The van der Waals surface area contributed by atoms with E-state index >= 15 is 0 Å². The molecular weight excluding hydrogens is 479 g/mol. The Balaban J connectivity index is 0.00000261. The van der Waals surface area contributed by atoms with Gasteiger partial charge >= 0.3 is 0 Å². The lowest BCUT2D eigenvalue weighted by atomic mass is 10.3. The minimum absolute atomic E-state index is 0. The molecule has 1 N–H and O–H groups in total. The van der Waals surface area contributed by atoms with Crippen molar-refractivity contribution in [3.8, 4) is 5.75 Å². The van der Waals surface area contributed by atoms with Gasteiger partial charge in [0.2, 0.25) is 5.95 Å². The van der Waals surface area contributed by atoms with Crippen LogP contribution < -0.4 is 15.0 Å². The highest BCUT2D eigenvalue weighted by Crippen LogP contribution is 2.15. The van der Waals surface area contributed by atoms with Gasteiger partial charge in [-0.25, -0.2) is 9.97 Å². The molecule has 1 aromatic carbocycles. The number of nitrogens with zero attached hydrogens (tertiary/aromatic N) is 5. The van der Waals surface area contributed by atoms with Gasteiger partial charge in [0.05, 0.1) is 6.54 Å². The highest BCUT2D eigenvalue weighted by Gasteiger charge is 2.20. The summed E-state index contributed by atoms with van der Waals surface area (Å²) >= 11 is 5.87. The summed E-state index contributed by atoms with van der Waals surface area (Å²) in [5.41, 5.74) is 0. The fraction of sp³-hybridized carbons (Fsp3) is 0.389. The number of hydrogen-bond donors (Lipinski definition) is 1. The lowest BCUT2D eigenvalue weighted by molar-refractivity contribution is 0.315. The second kappa shape index (κ2) is 11.1. The zero-order valence-corrected chi connectivity index (χ0v) is 18.3. The van der Waals surface area contributed by atoms with E-state index in [0.717, 1.165) is 43.8 Å². The van der Waals surface area contributed by atoms with E-state index in [4.69, 9.17) is 16.3 Å². The Labute approximate surface area is 181 Å². The highest BCUT2D eigenvalue weighted by molar-refractivity contribution is 14.0. The molecule has 0 amide bonds. The van der Waals surface area contributed by atoms with Crippen LogP contribution in [0.15, 0.2) is 47.7 Å². The van der Waals surface area contributed by atoms with Gasteiger partial charge in [-0.15, -0.1) is 24.0 Å². The van der Waals surface area contributed by atoms with Crippen molar-refractivity contribution in [2.45, 2.75) is 0 Å². The van der Waals surface area contributed by atoms with E-state index in [1.165, 1.54) is 0 Å². The third kappa shape index (κ3) is 6.39. The number of anilines is 1. The van der Waals surface area contributed by atoms with Crippen LogP contribution in [0.5, 0.6) is 5.75 Å². The van der Waals surface area contributed by atoms with Crippen LogP contribution >= 0.6 is 35.6 Å². The Morgan fingerprint density at radius 3 is 2.44 bits per heavy atom. The van der Waals surface area contributed by atoms with Crippen LogP contribution in [0.3, 0.4) is 0 Å². The molecule has 0 atom stereocenters. The van der Waals surface area contributed by atoms with Crippen LogP contribution in [0.25, 0.3) is 0 Å². The summed E-state index contributed by atoms with van der Waals surface area (Å²) in [5.74, 6) is 2.48. The summed E-state index contributed by atoms with van der Waals surface area (Å²) in [6.45, 7) is 4.71. The molecule has 2 aromatic rings. The molecule has 0 unspecified atom stereocenters. The van der Waals surface area contributed by atoms with Gasteiger partial charge in [0.15, 0.2) is 5.96 Å². The fourth-order valence-corrected chi connectivity index (χ4v) is 2.89. The summed E-state index contributed by atoms with van der Waals surface area (Å²) in [6.07, 6.45) is 3.55. The van der Waals surface area contributed by atoms with Crippen LogP contribution in [-0.4, -0.2) is 67.2 Å². The Bertz CT molecular complexity index is 708. The van der Waals surface area contributed by atoms with E-state index in [-0.39, 0.29) is 24.0 Å². The van der Waals surface area contributed by atoms with Gasteiger partial charge in [0.1, 0.15) is 12.4 Å². The molecule has 146 valence electrons. The molecule has 1 aliphatic rings. The Kier molecular flexibility index (Phi) is 8.86. The SMILES string of the molecule is CN=C(NCCOc1ccc(Cl)cc1)N1CCN(c2ncccn2)CC1.I. The number of benzene rings is 1. The standard InChI is InChI=1S/C18H23ClN6O.HI/c1-20-17(23-9-14-26-16-5-3-15(19)4-6-16)24-10-12-25(13-11-24)18-21-7-2-8-22-18;/h2-8H,9-14H2,1H3,(H,20,23);1H. The van der Waals surface area contributed by atoms with Crippen molar-refractivity contribution in [3.63, 3.8) is 0 Å². The summed E-state index contributed by atoms with van der Waals surface area (Å²) in [5, 5.41) is 4.06. The number of rotatable bonds is 5. The number of halogens is 2.